The highest BCUT2D eigenvalue weighted by atomic mass is 16.5. The number of aromatic hydroxyl groups is 1. The molecule has 136 valence electrons. The molecule has 3 N–H and O–H groups in total. The van der Waals surface area contributed by atoms with Crippen LogP contribution in [-0.4, -0.2) is 18.3 Å². The Morgan fingerprint density at radius 1 is 0.960 bits per heavy atom. The van der Waals surface area contributed by atoms with E-state index in [2.05, 4.69) is 45.0 Å². The fraction of sp³-hybridized carbons (Fsp3) is 0.455. The largest absolute Gasteiger partial charge is 0.508 e. The van der Waals surface area contributed by atoms with Crippen LogP contribution in [0.1, 0.15) is 50.3 Å². The Morgan fingerprint density at radius 3 is 2.28 bits per heavy atom. The van der Waals surface area contributed by atoms with E-state index < -0.39 is 0 Å². The molecule has 2 rings (SSSR count). The van der Waals surface area contributed by atoms with E-state index in [0.29, 0.717) is 24.7 Å². The number of rotatable bonds is 8. The topological polar surface area (TPSA) is 55.5 Å². The number of aryl methyl sites for hydroxylation is 2. The summed E-state index contributed by atoms with van der Waals surface area (Å²) in [6, 6.07) is 14.5. The lowest BCUT2D eigenvalue weighted by atomic mass is 9.86. The third-order valence-corrected chi connectivity index (χ3v) is 4.41. The number of phenolic OH excluding ortho intramolecular Hbond substituents is 1. The fourth-order valence-electron chi connectivity index (χ4n) is 2.77. The Hall–Kier alpha value is -2.00. The molecule has 0 aliphatic rings. The van der Waals surface area contributed by atoms with Gasteiger partial charge < -0.3 is 15.6 Å². The van der Waals surface area contributed by atoms with Crippen molar-refractivity contribution in [2.24, 2.45) is 5.73 Å². The van der Waals surface area contributed by atoms with Crippen molar-refractivity contribution in [3.63, 3.8) is 0 Å². The van der Waals surface area contributed by atoms with Crippen LogP contribution in [0.5, 0.6) is 11.5 Å². The van der Waals surface area contributed by atoms with Gasteiger partial charge in [0.1, 0.15) is 11.5 Å². The molecule has 0 bridgehead atoms. The first-order valence-corrected chi connectivity index (χ1v) is 9.14. The molecule has 0 unspecified atom stereocenters. The van der Waals surface area contributed by atoms with Gasteiger partial charge in [-0.15, -0.1) is 0 Å². The van der Waals surface area contributed by atoms with Crippen molar-refractivity contribution in [1.29, 1.82) is 0 Å². The molecule has 3 heteroatoms. The second kappa shape index (κ2) is 8.91. The third kappa shape index (κ3) is 6.09. The molecule has 0 atom stereocenters. The van der Waals surface area contributed by atoms with Gasteiger partial charge in [0, 0.05) is 6.07 Å². The zero-order valence-electron chi connectivity index (χ0n) is 15.7. The minimum Gasteiger partial charge on any atom is -0.508 e. The molecule has 2 aromatic carbocycles. The monoisotopic (exact) mass is 341 g/mol. The molecule has 0 saturated heterocycles. The molecule has 2 aromatic rings. The summed E-state index contributed by atoms with van der Waals surface area (Å²) in [5.74, 6) is 1.01. The van der Waals surface area contributed by atoms with E-state index in [9.17, 15) is 5.11 Å². The average molecular weight is 341 g/mol. The second-order valence-corrected chi connectivity index (χ2v) is 7.58. The van der Waals surface area contributed by atoms with Gasteiger partial charge in [-0.1, -0.05) is 51.1 Å². The number of phenols is 1. The number of benzene rings is 2. The van der Waals surface area contributed by atoms with Gasteiger partial charge in [0.25, 0.3) is 0 Å². The van der Waals surface area contributed by atoms with E-state index in [-0.39, 0.29) is 5.41 Å². The number of hydrogen-bond donors (Lipinski definition) is 2. The first-order chi connectivity index (χ1) is 11.9. The van der Waals surface area contributed by atoms with Crippen molar-refractivity contribution in [2.75, 3.05) is 13.2 Å². The molecule has 0 saturated carbocycles. The van der Waals surface area contributed by atoms with E-state index in [1.807, 2.05) is 12.1 Å². The van der Waals surface area contributed by atoms with Gasteiger partial charge in [-0.05, 0) is 60.4 Å². The van der Waals surface area contributed by atoms with Gasteiger partial charge in [0.05, 0.1) is 6.61 Å². The molecular weight excluding hydrogens is 310 g/mol. The molecular formula is C22H31NO2. The summed E-state index contributed by atoms with van der Waals surface area (Å²) in [4.78, 5) is 0. The fourth-order valence-corrected chi connectivity index (χ4v) is 2.77. The van der Waals surface area contributed by atoms with Gasteiger partial charge in [-0.3, -0.25) is 0 Å². The molecule has 0 spiro atoms. The summed E-state index contributed by atoms with van der Waals surface area (Å²) in [5, 5.41) is 10.2. The van der Waals surface area contributed by atoms with Crippen LogP contribution >= 0.6 is 0 Å². The van der Waals surface area contributed by atoms with E-state index in [0.717, 1.165) is 31.2 Å². The molecule has 0 aromatic heterocycles. The normalized spacial score (nSPS) is 11.5. The molecule has 0 fully saturated rings. The molecule has 0 aliphatic carbocycles. The zero-order chi connectivity index (χ0) is 18.3. The van der Waals surface area contributed by atoms with Crippen LogP contribution in [0.2, 0.25) is 0 Å². The molecule has 0 amide bonds. The van der Waals surface area contributed by atoms with Gasteiger partial charge >= 0.3 is 0 Å². The Labute approximate surface area is 151 Å². The highest BCUT2D eigenvalue weighted by Gasteiger charge is 2.12. The Bertz CT molecular complexity index is 657. The molecule has 0 radical (unpaired) electrons. The maximum absolute atomic E-state index is 10.2. The SMILES string of the molecule is CC(C)(C)c1ccc(CCCc2ccc(OCCCN)cc2O)cc1. The summed E-state index contributed by atoms with van der Waals surface area (Å²) < 4.78 is 5.55. The van der Waals surface area contributed by atoms with E-state index in [1.165, 1.54) is 11.1 Å². The summed E-state index contributed by atoms with van der Waals surface area (Å²) in [7, 11) is 0. The van der Waals surface area contributed by atoms with Crippen molar-refractivity contribution in [1.82, 2.24) is 0 Å². The van der Waals surface area contributed by atoms with Crippen LogP contribution in [0.4, 0.5) is 0 Å². The van der Waals surface area contributed by atoms with Crippen molar-refractivity contribution in [2.45, 2.75) is 51.9 Å². The first kappa shape index (κ1) is 19.3. The average Bonchev–Trinajstić information content (AvgIpc) is 2.57. The van der Waals surface area contributed by atoms with Gasteiger partial charge in [0.15, 0.2) is 0 Å². The summed E-state index contributed by atoms with van der Waals surface area (Å²) >= 11 is 0. The summed E-state index contributed by atoms with van der Waals surface area (Å²) in [5.41, 5.74) is 9.31. The predicted octanol–water partition coefficient (Wildman–Crippen LogP) is 4.59. The number of hydrogen-bond acceptors (Lipinski definition) is 3. The van der Waals surface area contributed by atoms with Crippen LogP contribution < -0.4 is 10.5 Å². The smallest absolute Gasteiger partial charge is 0.122 e. The maximum atomic E-state index is 10.2. The molecule has 25 heavy (non-hydrogen) atoms. The number of nitrogens with two attached hydrogens (primary N) is 1. The lowest BCUT2D eigenvalue weighted by Gasteiger charge is -2.19. The molecule has 0 aliphatic heterocycles. The second-order valence-electron chi connectivity index (χ2n) is 7.58. The molecule has 3 nitrogen and oxygen atoms in total. The van der Waals surface area contributed by atoms with Gasteiger partial charge in [-0.25, -0.2) is 0 Å². The van der Waals surface area contributed by atoms with Crippen LogP contribution in [0.3, 0.4) is 0 Å². The Balaban J connectivity index is 1.85. The van der Waals surface area contributed by atoms with E-state index in [1.54, 1.807) is 6.07 Å². The van der Waals surface area contributed by atoms with Crippen molar-refractivity contribution in [3.05, 3.63) is 59.2 Å². The van der Waals surface area contributed by atoms with Gasteiger partial charge in [0.2, 0.25) is 0 Å². The minimum absolute atomic E-state index is 0.193. The van der Waals surface area contributed by atoms with Crippen LogP contribution in [0.15, 0.2) is 42.5 Å². The first-order valence-electron chi connectivity index (χ1n) is 9.14. The lowest BCUT2D eigenvalue weighted by Crippen LogP contribution is -2.10. The van der Waals surface area contributed by atoms with Crippen molar-refractivity contribution < 1.29 is 9.84 Å². The maximum Gasteiger partial charge on any atom is 0.122 e. The van der Waals surface area contributed by atoms with Crippen LogP contribution in [0, 0.1) is 0 Å². The zero-order valence-corrected chi connectivity index (χ0v) is 15.7. The predicted molar refractivity (Wildman–Crippen MR) is 104 cm³/mol. The number of ether oxygens (including phenoxy) is 1. The van der Waals surface area contributed by atoms with Gasteiger partial charge in [-0.2, -0.15) is 0 Å². The summed E-state index contributed by atoms with van der Waals surface area (Å²) in [6.07, 6.45) is 3.70. The van der Waals surface area contributed by atoms with E-state index >= 15 is 0 Å². The van der Waals surface area contributed by atoms with Crippen molar-refractivity contribution >= 4 is 0 Å². The summed E-state index contributed by atoms with van der Waals surface area (Å²) in [6.45, 7) is 7.89. The van der Waals surface area contributed by atoms with Crippen molar-refractivity contribution in [3.8, 4) is 11.5 Å². The molecule has 0 heterocycles. The van der Waals surface area contributed by atoms with E-state index in [4.69, 9.17) is 10.5 Å². The van der Waals surface area contributed by atoms with Crippen LogP contribution in [0.25, 0.3) is 0 Å². The Kier molecular flexibility index (Phi) is 6.89. The highest BCUT2D eigenvalue weighted by molar-refractivity contribution is 5.39. The Morgan fingerprint density at radius 2 is 1.68 bits per heavy atom. The lowest BCUT2D eigenvalue weighted by molar-refractivity contribution is 0.311. The quantitative estimate of drug-likeness (QED) is 0.690. The third-order valence-electron chi connectivity index (χ3n) is 4.41. The standard InChI is InChI=1S/C22H31NO2/c1-22(2,3)19-11-8-17(9-12-19)6-4-7-18-10-13-20(16-21(18)24)25-15-5-14-23/h8-13,16,24H,4-7,14-15,23H2,1-3H3. The minimum atomic E-state index is 0.193. The van der Waals surface area contributed by atoms with Crippen LogP contribution in [-0.2, 0) is 18.3 Å². The highest BCUT2D eigenvalue weighted by Crippen LogP contribution is 2.26.